The molecule has 126 valence electrons. The highest BCUT2D eigenvalue weighted by molar-refractivity contribution is 7.19. The minimum absolute atomic E-state index is 0.247. The van der Waals surface area contributed by atoms with Crippen LogP contribution in [0.3, 0.4) is 0 Å². The van der Waals surface area contributed by atoms with E-state index in [-0.39, 0.29) is 6.61 Å². The summed E-state index contributed by atoms with van der Waals surface area (Å²) in [4.78, 5) is 15.4. The molecule has 0 spiro atoms. The average molecular weight is 371 g/mol. The number of nitrogens with zero attached hydrogens (tertiary/aromatic N) is 3. The summed E-state index contributed by atoms with van der Waals surface area (Å²) in [6.07, 6.45) is 6.29. The van der Waals surface area contributed by atoms with Crippen molar-refractivity contribution in [3.63, 3.8) is 0 Å². The van der Waals surface area contributed by atoms with Gasteiger partial charge < -0.3 is 10.4 Å². The van der Waals surface area contributed by atoms with Crippen molar-refractivity contribution in [1.82, 2.24) is 9.97 Å². The molecule has 5 rings (SSSR count). The molecule has 2 aliphatic rings. The zero-order valence-electron chi connectivity index (χ0n) is 13.3. The molecule has 2 aromatic heterocycles. The molecule has 3 aromatic rings. The van der Waals surface area contributed by atoms with Crippen LogP contribution in [0.1, 0.15) is 16.9 Å². The van der Waals surface area contributed by atoms with Crippen molar-refractivity contribution < 1.29 is 5.11 Å². The molecule has 7 heteroatoms. The Morgan fingerprint density at radius 3 is 3.04 bits per heavy atom. The predicted molar refractivity (Wildman–Crippen MR) is 100.0 cm³/mol. The lowest BCUT2D eigenvalue weighted by atomic mass is 9.88. The van der Waals surface area contributed by atoms with Gasteiger partial charge in [0.15, 0.2) is 0 Å². The van der Waals surface area contributed by atoms with Gasteiger partial charge in [-0.1, -0.05) is 11.6 Å². The fourth-order valence-corrected chi connectivity index (χ4v) is 5.03. The lowest BCUT2D eigenvalue weighted by Gasteiger charge is -2.20. The smallest absolute Gasteiger partial charge is 0.142 e. The first-order valence-electron chi connectivity index (χ1n) is 8.23. The molecular weight excluding hydrogens is 356 g/mol. The number of nitrogens with one attached hydrogen (secondary N) is 1. The zero-order valence-corrected chi connectivity index (χ0v) is 14.9. The number of aryl methyl sites for hydroxylation is 1. The maximum atomic E-state index is 9.46. The van der Waals surface area contributed by atoms with Gasteiger partial charge in [-0.05, 0) is 42.9 Å². The number of fused-ring (bicyclic) bond motifs is 4. The van der Waals surface area contributed by atoms with Gasteiger partial charge in [0.1, 0.15) is 17.0 Å². The van der Waals surface area contributed by atoms with E-state index in [0.29, 0.717) is 10.9 Å². The topological polar surface area (TPSA) is 70.4 Å². The van der Waals surface area contributed by atoms with Crippen molar-refractivity contribution in [2.24, 2.45) is 10.9 Å². The van der Waals surface area contributed by atoms with Gasteiger partial charge in [-0.3, -0.25) is 4.99 Å². The second-order valence-corrected chi connectivity index (χ2v) is 7.96. The summed E-state index contributed by atoms with van der Waals surface area (Å²) in [5, 5.41) is 16.6. The maximum absolute atomic E-state index is 9.46. The molecule has 1 aromatic carbocycles. The monoisotopic (exact) mass is 370 g/mol. The SMILES string of the molecule is OCC1CCc2c(sc3ncnc(Nc4cc5c(cc4Cl)=NC=5)c23)C1. The number of halogens is 1. The molecule has 2 N–H and O–H groups in total. The van der Waals surface area contributed by atoms with Crippen LogP contribution in [0.15, 0.2) is 23.5 Å². The summed E-state index contributed by atoms with van der Waals surface area (Å²) in [6.45, 7) is 0.247. The Bertz CT molecular complexity index is 1120. The van der Waals surface area contributed by atoms with E-state index < -0.39 is 0 Å². The predicted octanol–water partition coefficient (Wildman–Crippen LogP) is 2.56. The Morgan fingerprint density at radius 2 is 2.24 bits per heavy atom. The van der Waals surface area contributed by atoms with Gasteiger partial charge in [-0.15, -0.1) is 11.3 Å². The number of aliphatic hydroxyl groups is 1. The Labute approximate surface area is 152 Å². The highest BCUT2D eigenvalue weighted by Gasteiger charge is 2.25. The molecule has 1 aliphatic carbocycles. The van der Waals surface area contributed by atoms with E-state index in [0.717, 1.165) is 51.6 Å². The first-order chi connectivity index (χ1) is 12.2. The maximum Gasteiger partial charge on any atom is 0.142 e. The minimum atomic E-state index is 0.247. The molecule has 5 nitrogen and oxygen atoms in total. The molecule has 25 heavy (non-hydrogen) atoms. The number of rotatable bonds is 3. The van der Waals surface area contributed by atoms with Gasteiger partial charge in [0.2, 0.25) is 0 Å². The number of benzene rings is 1. The molecule has 1 unspecified atom stereocenters. The number of anilines is 2. The van der Waals surface area contributed by atoms with Crippen LogP contribution >= 0.6 is 22.9 Å². The van der Waals surface area contributed by atoms with E-state index in [9.17, 15) is 5.11 Å². The van der Waals surface area contributed by atoms with E-state index in [1.165, 1.54) is 10.4 Å². The Morgan fingerprint density at radius 1 is 1.32 bits per heavy atom. The lowest BCUT2D eigenvalue weighted by molar-refractivity contribution is 0.214. The number of hydrogen-bond acceptors (Lipinski definition) is 6. The van der Waals surface area contributed by atoms with E-state index in [4.69, 9.17) is 11.6 Å². The van der Waals surface area contributed by atoms with E-state index >= 15 is 0 Å². The molecule has 1 atom stereocenters. The van der Waals surface area contributed by atoms with Crippen molar-refractivity contribution >= 4 is 50.9 Å². The summed E-state index contributed by atoms with van der Waals surface area (Å²) < 4.78 is 0. The normalized spacial score (nSPS) is 17.9. The number of hydrogen-bond donors (Lipinski definition) is 2. The van der Waals surface area contributed by atoms with Gasteiger partial charge in [-0.25, -0.2) is 9.97 Å². The largest absolute Gasteiger partial charge is 0.396 e. The Hall–Kier alpha value is -2.02. The molecular formula is C18H15ClN4OS. The van der Waals surface area contributed by atoms with Crippen LogP contribution < -0.4 is 15.9 Å². The van der Waals surface area contributed by atoms with Crippen LogP contribution in [0.4, 0.5) is 11.5 Å². The van der Waals surface area contributed by atoms with Crippen LogP contribution in [0.2, 0.25) is 5.02 Å². The molecule has 0 fully saturated rings. The fourth-order valence-electron chi connectivity index (χ4n) is 3.52. The number of thiophene rings is 1. The van der Waals surface area contributed by atoms with Crippen LogP contribution in [-0.2, 0) is 12.8 Å². The summed E-state index contributed by atoms with van der Waals surface area (Å²) in [6, 6.07) is 3.87. The van der Waals surface area contributed by atoms with Gasteiger partial charge in [0.25, 0.3) is 0 Å². The number of aliphatic hydroxyl groups excluding tert-OH is 1. The second-order valence-electron chi connectivity index (χ2n) is 6.47. The third-order valence-corrected chi connectivity index (χ3v) is 6.39. The first kappa shape index (κ1) is 15.3. The molecule has 0 amide bonds. The Balaban J connectivity index is 1.61. The van der Waals surface area contributed by atoms with Gasteiger partial charge in [0, 0.05) is 22.9 Å². The fraction of sp³-hybridized carbons (Fsp3) is 0.278. The highest BCUT2D eigenvalue weighted by atomic mass is 35.5. The standard InChI is InChI=1S/C18H15ClN4OS/c19-12-5-13-10(6-20-13)4-14(12)23-17-16-11-2-1-9(7-24)3-15(11)25-18(16)22-8-21-17/h4-6,8-9,24H,1-3,7H2,(H,21,22,23). The van der Waals surface area contributed by atoms with Crippen LogP contribution in [0, 0.1) is 5.92 Å². The van der Waals surface area contributed by atoms with E-state index in [1.54, 1.807) is 17.7 Å². The summed E-state index contributed by atoms with van der Waals surface area (Å²) >= 11 is 8.09. The van der Waals surface area contributed by atoms with Gasteiger partial charge >= 0.3 is 0 Å². The Kier molecular flexibility index (Phi) is 3.51. The van der Waals surface area contributed by atoms with Crippen molar-refractivity contribution in [2.75, 3.05) is 11.9 Å². The molecule has 1 aliphatic heterocycles. The average Bonchev–Trinajstić information content (AvgIpc) is 2.99. The van der Waals surface area contributed by atoms with E-state index in [1.807, 2.05) is 18.3 Å². The highest BCUT2D eigenvalue weighted by Crippen LogP contribution is 2.40. The third-order valence-electron chi connectivity index (χ3n) is 4.92. The van der Waals surface area contributed by atoms with Crippen molar-refractivity contribution in [2.45, 2.75) is 19.3 Å². The lowest BCUT2D eigenvalue weighted by Crippen LogP contribution is -2.30. The van der Waals surface area contributed by atoms with Crippen LogP contribution in [0.5, 0.6) is 0 Å². The van der Waals surface area contributed by atoms with Crippen molar-refractivity contribution in [1.29, 1.82) is 0 Å². The molecule has 3 heterocycles. The first-order valence-corrected chi connectivity index (χ1v) is 9.43. The molecule has 0 saturated carbocycles. The summed E-state index contributed by atoms with van der Waals surface area (Å²) in [5.74, 6) is 1.15. The van der Waals surface area contributed by atoms with Crippen LogP contribution in [0.25, 0.3) is 16.4 Å². The molecule has 0 saturated heterocycles. The van der Waals surface area contributed by atoms with Gasteiger partial charge in [-0.2, -0.15) is 0 Å². The second kappa shape index (κ2) is 5.76. The molecule has 0 radical (unpaired) electrons. The zero-order chi connectivity index (χ0) is 17.0. The summed E-state index contributed by atoms with van der Waals surface area (Å²) in [5.41, 5.74) is 2.14. The van der Waals surface area contributed by atoms with Crippen LogP contribution in [-0.4, -0.2) is 21.7 Å². The van der Waals surface area contributed by atoms with Crippen molar-refractivity contribution in [3.8, 4) is 0 Å². The van der Waals surface area contributed by atoms with E-state index in [2.05, 4.69) is 20.3 Å². The minimum Gasteiger partial charge on any atom is -0.396 e. The molecule has 0 bridgehead atoms. The quantitative estimate of drug-likeness (QED) is 0.743. The van der Waals surface area contributed by atoms with Gasteiger partial charge in [0.05, 0.1) is 21.5 Å². The van der Waals surface area contributed by atoms with Crippen molar-refractivity contribution in [3.05, 3.63) is 44.5 Å². The summed E-state index contributed by atoms with van der Waals surface area (Å²) in [7, 11) is 0. The third kappa shape index (κ3) is 2.44. The number of aromatic nitrogens is 2.